The average Bonchev–Trinajstić information content (AvgIpc) is 3.30. The normalized spacial score (nSPS) is 19.8. The fourth-order valence-electron chi connectivity index (χ4n) is 3.71. The standard InChI is InChI=1S/C21H22N8O5S2/c1-34-26-13(16-25-21(23)36-27-16)17(30)24-14-18(31)29-15(20(32)33)12(10-35-19(14)29)5-3-7-28-6-2-4-11(8-22)9-28/h2-6,9,14,19H,7-8,10,22H2,1H3,(H3-,23,24,25,27,30,32,33)/p+1/b5-3+,26-13-/t14?,19-/m1/s1. The number of nitrogen functional groups attached to an aromatic ring is 1. The van der Waals surface area contributed by atoms with Gasteiger partial charge < -0.3 is 26.7 Å². The second kappa shape index (κ2) is 10.8. The van der Waals surface area contributed by atoms with E-state index in [4.69, 9.17) is 16.3 Å². The summed E-state index contributed by atoms with van der Waals surface area (Å²) in [4.78, 5) is 47.6. The van der Waals surface area contributed by atoms with Crippen molar-refractivity contribution in [2.24, 2.45) is 10.9 Å². The maximum atomic E-state index is 12.9. The van der Waals surface area contributed by atoms with Crippen LogP contribution in [0.4, 0.5) is 5.13 Å². The fraction of sp³-hybridized carbons (Fsp3) is 0.286. The van der Waals surface area contributed by atoms with Gasteiger partial charge in [0.15, 0.2) is 24.1 Å². The zero-order valence-electron chi connectivity index (χ0n) is 19.0. The number of carboxylic acid groups (broad SMARTS) is 1. The first-order valence-electron chi connectivity index (χ1n) is 10.6. The Morgan fingerprint density at radius 1 is 1.47 bits per heavy atom. The first kappa shape index (κ1) is 25.3. The van der Waals surface area contributed by atoms with E-state index in [1.54, 1.807) is 6.08 Å². The Labute approximate surface area is 213 Å². The quantitative estimate of drug-likeness (QED) is 0.138. The van der Waals surface area contributed by atoms with Crippen LogP contribution < -0.4 is 21.4 Å². The van der Waals surface area contributed by atoms with Crippen molar-refractivity contribution in [2.75, 3.05) is 18.6 Å². The summed E-state index contributed by atoms with van der Waals surface area (Å²) in [6, 6.07) is 2.85. The summed E-state index contributed by atoms with van der Waals surface area (Å²) in [5.74, 6) is -2.20. The number of amides is 2. The highest BCUT2D eigenvalue weighted by Gasteiger charge is 2.54. The molecule has 0 spiro atoms. The first-order valence-corrected chi connectivity index (χ1v) is 12.4. The molecule has 2 aliphatic heterocycles. The Balaban J connectivity index is 1.48. The van der Waals surface area contributed by atoms with Crippen LogP contribution in [0.5, 0.6) is 0 Å². The molecule has 1 saturated heterocycles. The molecule has 0 saturated carbocycles. The number of hydrogen-bond acceptors (Lipinski definition) is 11. The van der Waals surface area contributed by atoms with Crippen LogP contribution in [0.2, 0.25) is 0 Å². The van der Waals surface area contributed by atoms with E-state index in [1.165, 1.54) is 23.8 Å². The molecule has 0 aromatic carbocycles. The maximum absolute atomic E-state index is 12.9. The maximum Gasteiger partial charge on any atom is 0.352 e. The van der Waals surface area contributed by atoms with Crippen molar-refractivity contribution in [1.82, 2.24) is 19.6 Å². The van der Waals surface area contributed by atoms with Gasteiger partial charge in [-0.3, -0.25) is 14.5 Å². The van der Waals surface area contributed by atoms with Gasteiger partial charge in [0.1, 0.15) is 24.2 Å². The number of anilines is 1. The molecule has 36 heavy (non-hydrogen) atoms. The second-order valence-corrected chi connectivity index (χ2v) is 9.52. The second-order valence-electron chi connectivity index (χ2n) is 7.63. The molecule has 2 aliphatic rings. The molecule has 0 bridgehead atoms. The van der Waals surface area contributed by atoms with Crippen molar-refractivity contribution in [3.05, 3.63) is 59.3 Å². The molecule has 4 rings (SSSR count). The zero-order chi connectivity index (χ0) is 25.8. The molecular weight excluding hydrogens is 508 g/mol. The van der Waals surface area contributed by atoms with Gasteiger partial charge >= 0.3 is 5.97 Å². The third-order valence-corrected chi connectivity index (χ3v) is 7.17. The van der Waals surface area contributed by atoms with E-state index in [0.717, 1.165) is 17.1 Å². The molecule has 188 valence electrons. The molecule has 2 amide bonds. The van der Waals surface area contributed by atoms with Crippen LogP contribution >= 0.6 is 23.3 Å². The summed E-state index contributed by atoms with van der Waals surface area (Å²) in [6.07, 6.45) is 7.31. The van der Waals surface area contributed by atoms with Crippen LogP contribution in [-0.4, -0.2) is 67.1 Å². The van der Waals surface area contributed by atoms with Crippen LogP contribution in [-0.2, 0) is 32.3 Å². The predicted molar refractivity (Wildman–Crippen MR) is 131 cm³/mol. The number of thioether (sulfide) groups is 1. The number of nitrogens with zero attached hydrogens (tertiary/aromatic N) is 5. The number of carboxylic acids is 1. The van der Waals surface area contributed by atoms with Gasteiger partial charge in [-0.1, -0.05) is 11.2 Å². The van der Waals surface area contributed by atoms with Crippen LogP contribution in [0, 0.1) is 0 Å². The number of rotatable bonds is 9. The fourth-order valence-corrected chi connectivity index (χ4v) is 5.47. The minimum absolute atomic E-state index is 0.0369. The number of β-lactam (4-membered cyclic amide) rings is 1. The van der Waals surface area contributed by atoms with Gasteiger partial charge in [-0.25, -0.2) is 9.36 Å². The van der Waals surface area contributed by atoms with E-state index in [1.807, 2.05) is 35.2 Å². The van der Waals surface area contributed by atoms with E-state index in [9.17, 15) is 19.5 Å². The summed E-state index contributed by atoms with van der Waals surface area (Å²) in [6.45, 7) is 0.917. The van der Waals surface area contributed by atoms with Crippen LogP contribution in [0.15, 0.2) is 53.1 Å². The van der Waals surface area contributed by atoms with Gasteiger partial charge in [-0.05, 0) is 17.7 Å². The van der Waals surface area contributed by atoms with Crippen LogP contribution in [0.1, 0.15) is 11.4 Å². The zero-order valence-corrected chi connectivity index (χ0v) is 20.7. The highest BCUT2D eigenvalue weighted by Crippen LogP contribution is 2.40. The molecule has 15 heteroatoms. The highest BCUT2D eigenvalue weighted by molar-refractivity contribution is 8.00. The van der Waals surface area contributed by atoms with Crippen molar-refractivity contribution < 1.29 is 28.9 Å². The molecule has 6 N–H and O–H groups in total. The van der Waals surface area contributed by atoms with Gasteiger partial charge in [-0.2, -0.15) is 9.36 Å². The number of carbonyl (C=O) groups excluding carboxylic acids is 2. The van der Waals surface area contributed by atoms with Gasteiger partial charge in [0.25, 0.3) is 11.8 Å². The first-order chi connectivity index (χ1) is 17.3. The molecular formula is C21H23N8O5S2+. The largest absolute Gasteiger partial charge is 0.477 e. The molecule has 13 nitrogen and oxygen atoms in total. The Bertz CT molecular complexity index is 1290. The molecule has 2 atom stereocenters. The van der Waals surface area contributed by atoms with E-state index in [-0.39, 0.29) is 22.4 Å². The number of nitrogens with one attached hydrogen (secondary N) is 1. The number of nitrogens with two attached hydrogens (primary N) is 2. The summed E-state index contributed by atoms with van der Waals surface area (Å²) in [5, 5.41) is 15.6. The van der Waals surface area contributed by atoms with Gasteiger partial charge in [-0.15, -0.1) is 11.8 Å². The van der Waals surface area contributed by atoms with Crippen LogP contribution in [0.25, 0.3) is 0 Å². The molecule has 2 aromatic heterocycles. The van der Waals surface area contributed by atoms with E-state index >= 15 is 0 Å². The number of pyridine rings is 1. The van der Waals surface area contributed by atoms with E-state index in [2.05, 4.69) is 19.8 Å². The Morgan fingerprint density at radius 3 is 2.94 bits per heavy atom. The van der Waals surface area contributed by atoms with Gasteiger partial charge in [0, 0.05) is 35.5 Å². The molecule has 2 aromatic rings. The number of oxime groups is 1. The average molecular weight is 532 g/mol. The smallest absolute Gasteiger partial charge is 0.352 e. The van der Waals surface area contributed by atoms with E-state index < -0.39 is 29.2 Å². The minimum Gasteiger partial charge on any atom is -0.477 e. The lowest BCUT2D eigenvalue weighted by molar-refractivity contribution is -0.687. The van der Waals surface area contributed by atoms with Gasteiger partial charge in [0.05, 0.1) is 0 Å². The molecule has 1 fully saturated rings. The third kappa shape index (κ3) is 5.07. The summed E-state index contributed by atoms with van der Waals surface area (Å²) in [5.41, 5.74) is 12.4. The molecule has 0 aliphatic carbocycles. The molecule has 4 heterocycles. The number of fused-ring (bicyclic) bond motifs is 1. The van der Waals surface area contributed by atoms with Crippen molar-refractivity contribution >= 4 is 51.9 Å². The minimum atomic E-state index is -1.22. The number of allylic oxidation sites excluding steroid dienone is 2. The van der Waals surface area contributed by atoms with Crippen molar-refractivity contribution in [2.45, 2.75) is 24.5 Å². The Morgan fingerprint density at radius 2 is 2.28 bits per heavy atom. The SMILES string of the molecule is CO/N=C(\C(=O)NC1C(=O)N2C(C(=O)O)=C(/C=C/C[n+]3cccc(CN)c3)CS[C@H]12)c1nsc(N)n1. The van der Waals surface area contributed by atoms with Crippen molar-refractivity contribution in [1.29, 1.82) is 0 Å². The summed E-state index contributed by atoms with van der Waals surface area (Å²) < 4.78 is 5.86. The van der Waals surface area contributed by atoms with Crippen molar-refractivity contribution in [3.63, 3.8) is 0 Å². The van der Waals surface area contributed by atoms with Crippen LogP contribution in [0.3, 0.4) is 0 Å². The number of aromatic nitrogens is 3. The summed E-state index contributed by atoms with van der Waals surface area (Å²) in [7, 11) is 1.25. The number of aliphatic carboxylic acids is 1. The monoisotopic (exact) mass is 531 g/mol. The molecule has 0 radical (unpaired) electrons. The Hall–Kier alpha value is -3.82. The Kier molecular flexibility index (Phi) is 7.61. The lowest BCUT2D eigenvalue weighted by atomic mass is 10.0. The molecule has 1 unspecified atom stereocenters. The third-order valence-electron chi connectivity index (χ3n) is 5.33. The van der Waals surface area contributed by atoms with Crippen molar-refractivity contribution in [3.8, 4) is 0 Å². The topological polar surface area (TPSA) is 190 Å². The lowest BCUT2D eigenvalue weighted by Crippen LogP contribution is -2.71. The number of carbonyl (C=O) groups is 3. The summed E-state index contributed by atoms with van der Waals surface area (Å²) >= 11 is 2.23. The number of hydrogen-bond donors (Lipinski definition) is 4. The highest BCUT2D eigenvalue weighted by atomic mass is 32.2. The van der Waals surface area contributed by atoms with E-state index in [0.29, 0.717) is 24.4 Å². The van der Waals surface area contributed by atoms with Gasteiger partial charge in [0.2, 0.25) is 11.5 Å². The predicted octanol–water partition coefficient (Wildman–Crippen LogP) is -0.788. The lowest BCUT2D eigenvalue weighted by Gasteiger charge is -2.49.